The van der Waals surface area contributed by atoms with E-state index in [2.05, 4.69) is 5.32 Å². The van der Waals surface area contributed by atoms with Gasteiger partial charge in [-0.25, -0.2) is 16.8 Å². The molecule has 0 aliphatic rings. The van der Waals surface area contributed by atoms with Gasteiger partial charge < -0.3 is 5.32 Å². The third kappa shape index (κ3) is 5.84. The number of sulfonamides is 1. The Hall–Kier alpha value is -3.17. The summed E-state index contributed by atoms with van der Waals surface area (Å²) in [6, 6.07) is 20.9. The van der Waals surface area contributed by atoms with Gasteiger partial charge in [0.2, 0.25) is 5.91 Å². The third-order valence-electron chi connectivity index (χ3n) is 5.45. The number of rotatable bonds is 9. The predicted octanol–water partition coefficient (Wildman–Crippen LogP) is 3.73. The van der Waals surface area contributed by atoms with Crippen LogP contribution in [0, 0.1) is 0 Å². The first kappa shape index (κ1) is 25.5. The largest absolute Gasteiger partial charge is 0.348 e. The third-order valence-corrected chi connectivity index (χ3v) is 8.35. The van der Waals surface area contributed by atoms with Crippen molar-refractivity contribution < 1.29 is 21.6 Å². The molecular weight excluding hydrogens is 472 g/mol. The van der Waals surface area contributed by atoms with Gasteiger partial charge in [0.05, 0.1) is 21.5 Å². The van der Waals surface area contributed by atoms with Gasteiger partial charge in [0.15, 0.2) is 9.84 Å². The fourth-order valence-electron chi connectivity index (χ4n) is 3.58. The van der Waals surface area contributed by atoms with Gasteiger partial charge in [-0.2, -0.15) is 0 Å². The number of carbonyl (C=O) groups is 1. The molecule has 0 saturated carbocycles. The minimum atomic E-state index is -4.00. The fraction of sp³-hybridized carbons (Fsp3) is 0.240. The Balaban J connectivity index is 1.88. The predicted molar refractivity (Wildman–Crippen MR) is 133 cm³/mol. The van der Waals surface area contributed by atoms with Crippen molar-refractivity contribution in [3.05, 3.63) is 90.0 Å². The summed E-state index contributed by atoms with van der Waals surface area (Å²) in [7, 11) is -7.32. The number of anilines is 1. The maximum Gasteiger partial charge on any atom is 0.264 e. The van der Waals surface area contributed by atoms with Gasteiger partial charge >= 0.3 is 0 Å². The summed E-state index contributed by atoms with van der Waals surface area (Å²) in [5.41, 5.74) is 1.96. The molecule has 0 spiro atoms. The Morgan fingerprint density at radius 2 is 1.44 bits per heavy atom. The molecule has 3 rings (SSSR count). The first-order valence-corrected chi connectivity index (χ1v) is 14.1. The molecule has 1 atom stereocenters. The van der Waals surface area contributed by atoms with Gasteiger partial charge in [0, 0.05) is 6.26 Å². The first-order chi connectivity index (χ1) is 16.0. The van der Waals surface area contributed by atoms with Crippen LogP contribution in [0.4, 0.5) is 5.69 Å². The van der Waals surface area contributed by atoms with Crippen molar-refractivity contribution in [3.63, 3.8) is 0 Å². The van der Waals surface area contributed by atoms with E-state index in [0.717, 1.165) is 16.1 Å². The second-order valence-electron chi connectivity index (χ2n) is 7.94. The zero-order valence-electron chi connectivity index (χ0n) is 19.3. The smallest absolute Gasteiger partial charge is 0.264 e. The van der Waals surface area contributed by atoms with Crippen LogP contribution in [0.2, 0.25) is 0 Å². The summed E-state index contributed by atoms with van der Waals surface area (Å²) in [6.45, 7) is 3.28. The van der Waals surface area contributed by atoms with E-state index in [-0.39, 0.29) is 9.79 Å². The van der Waals surface area contributed by atoms with Gasteiger partial charge in [-0.05, 0) is 54.8 Å². The highest BCUT2D eigenvalue weighted by molar-refractivity contribution is 7.93. The molecule has 1 amide bonds. The number of nitrogens with zero attached hydrogens (tertiary/aromatic N) is 1. The molecule has 0 heterocycles. The van der Waals surface area contributed by atoms with Crippen LogP contribution in [0.5, 0.6) is 0 Å². The lowest BCUT2D eigenvalue weighted by Gasteiger charge is -2.27. The van der Waals surface area contributed by atoms with Crippen LogP contribution >= 0.6 is 0 Å². The second kappa shape index (κ2) is 10.4. The van der Waals surface area contributed by atoms with Gasteiger partial charge in [-0.15, -0.1) is 0 Å². The summed E-state index contributed by atoms with van der Waals surface area (Å²) in [4.78, 5) is 13.3. The topological polar surface area (TPSA) is 101 Å². The highest BCUT2D eigenvalue weighted by Crippen LogP contribution is 2.27. The molecule has 3 aromatic rings. The van der Waals surface area contributed by atoms with E-state index >= 15 is 0 Å². The lowest BCUT2D eigenvalue weighted by atomic mass is 10.1. The quantitative estimate of drug-likeness (QED) is 0.483. The average molecular weight is 501 g/mol. The maximum absolute atomic E-state index is 13.5. The Morgan fingerprint density at radius 3 is 2.03 bits per heavy atom. The molecule has 9 heteroatoms. The molecule has 0 saturated heterocycles. The van der Waals surface area contributed by atoms with E-state index in [0.29, 0.717) is 17.7 Å². The number of aryl methyl sites for hydroxylation is 1. The van der Waals surface area contributed by atoms with Crippen LogP contribution in [0.1, 0.15) is 31.0 Å². The van der Waals surface area contributed by atoms with Crippen LogP contribution in [-0.4, -0.2) is 35.5 Å². The monoisotopic (exact) mass is 500 g/mol. The van der Waals surface area contributed by atoms with Crippen molar-refractivity contribution in [1.29, 1.82) is 0 Å². The van der Waals surface area contributed by atoms with Crippen molar-refractivity contribution in [2.24, 2.45) is 0 Å². The van der Waals surface area contributed by atoms with Crippen LogP contribution < -0.4 is 9.62 Å². The summed E-state index contributed by atoms with van der Waals surface area (Å²) in [6.07, 6.45) is 1.73. The lowest BCUT2D eigenvalue weighted by Crippen LogP contribution is -2.42. The van der Waals surface area contributed by atoms with Gasteiger partial charge in [0.1, 0.15) is 6.54 Å². The highest BCUT2D eigenvalue weighted by Gasteiger charge is 2.28. The number of hydrogen-bond acceptors (Lipinski definition) is 5. The van der Waals surface area contributed by atoms with E-state index in [1.807, 2.05) is 19.1 Å². The van der Waals surface area contributed by atoms with Crippen LogP contribution in [-0.2, 0) is 31.1 Å². The van der Waals surface area contributed by atoms with Crippen LogP contribution in [0.3, 0.4) is 0 Å². The molecule has 0 fully saturated rings. The van der Waals surface area contributed by atoms with Crippen molar-refractivity contribution >= 4 is 31.5 Å². The molecule has 0 radical (unpaired) electrons. The molecule has 3 aromatic carbocycles. The average Bonchev–Trinajstić information content (AvgIpc) is 2.82. The van der Waals surface area contributed by atoms with Crippen molar-refractivity contribution in [2.45, 2.75) is 36.1 Å². The second-order valence-corrected chi connectivity index (χ2v) is 11.8. The number of sulfone groups is 1. The van der Waals surface area contributed by atoms with Crippen LogP contribution in [0.25, 0.3) is 0 Å². The van der Waals surface area contributed by atoms with E-state index in [1.54, 1.807) is 49.4 Å². The minimum absolute atomic E-state index is 0.0955. The normalized spacial score (nSPS) is 12.7. The van der Waals surface area contributed by atoms with Gasteiger partial charge in [-0.3, -0.25) is 9.10 Å². The molecule has 0 bridgehead atoms. The van der Waals surface area contributed by atoms with E-state index in [4.69, 9.17) is 0 Å². The molecule has 0 unspecified atom stereocenters. The lowest BCUT2D eigenvalue weighted by molar-refractivity contribution is -0.120. The zero-order chi connectivity index (χ0) is 24.9. The summed E-state index contributed by atoms with van der Waals surface area (Å²) in [5, 5.41) is 2.82. The number of carbonyl (C=O) groups excluding carboxylic acids is 1. The summed E-state index contributed by atoms with van der Waals surface area (Å²) in [5.74, 6) is -0.481. The maximum atomic E-state index is 13.5. The Labute approximate surface area is 201 Å². The number of nitrogens with one attached hydrogen (secondary N) is 1. The molecule has 1 N–H and O–H groups in total. The number of hydrogen-bond donors (Lipinski definition) is 1. The standard InChI is InChI=1S/C25H28N2O5S2/c1-4-20-10-8-9-13-24(20)27(34(31,32)23-11-6-5-7-12-23)18-25(28)26-19(2)21-14-16-22(17-15-21)33(3,29)30/h5-17,19H,4,18H2,1-3H3,(H,26,28)/t19-/m1/s1. The molecule has 7 nitrogen and oxygen atoms in total. The Bertz CT molecular complexity index is 1350. The van der Waals surface area contributed by atoms with Gasteiger partial charge in [0.25, 0.3) is 10.0 Å². The fourth-order valence-corrected chi connectivity index (χ4v) is 5.69. The molecule has 0 aliphatic carbocycles. The van der Waals surface area contributed by atoms with Crippen molar-refractivity contribution in [2.75, 3.05) is 17.1 Å². The van der Waals surface area contributed by atoms with E-state index in [1.165, 1.54) is 24.3 Å². The number of amides is 1. The highest BCUT2D eigenvalue weighted by atomic mass is 32.2. The molecule has 34 heavy (non-hydrogen) atoms. The molecular formula is C25H28N2O5S2. The number of benzene rings is 3. The minimum Gasteiger partial charge on any atom is -0.348 e. The molecule has 0 aliphatic heterocycles. The summed E-state index contributed by atoms with van der Waals surface area (Å²) >= 11 is 0. The number of para-hydroxylation sites is 1. The SMILES string of the molecule is CCc1ccccc1N(CC(=O)N[C@H](C)c1ccc(S(C)(=O)=O)cc1)S(=O)(=O)c1ccccc1. The Kier molecular flexibility index (Phi) is 7.78. The van der Waals surface area contributed by atoms with E-state index in [9.17, 15) is 21.6 Å². The van der Waals surface area contributed by atoms with Crippen molar-refractivity contribution in [1.82, 2.24) is 5.32 Å². The van der Waals surface area contributed by atoms with Crippen molar-refractivity contribution in [3.8, 4) is 0 Å². The first-order valence-electron chi connectivity index (χ1n) is 10.8. The van der Waals surface area contributed by atoms with Crippen LogP contribution in [0.15, 0.2) is 88.7 Å². The summed E-state index contributed by atoms with van der Waals surface area (Å²) < 4.78 is 51.5. The van der Waals surface area contributed by atoms with Gasteiger partial charge in [-0.1, -0.05) is 55.5 Å². The molecule has 180 valence electrons. The molecule has 0 aromatic heterocycles. The van der Waals surface area contributed by atoms with E-state index < -0.39 is 38.4 Å². The zero-order valence-corrected chi connectivity index (χ0v) is 20.9. The Morgan fingerprint density at radius 1 is 0.853 bits per heavy atom.